The number of nitrogens with one attached hydrogen (secondary N) is 1. The van der Waals surface area contributed by atoms with Crippen molar-refractivity contribution in [3.05, 3.63) is 0 Å². The quantitative estimate of drug-likeness (QED) is 0.723. The standard InChI is InChI=1S/C9H19NO.ClH/c1-9(2,3)11-7-8-4-5-10-6-8;/h8,10H,4-7H2,1-3H3;1H. The van der Waals surface area contributed by atoms with Crippen LogP contribution in [0.2, 0.25) is 0 Å². The fraction of sp³-hybridized carbons (Fsp3) is 1.00. The van der Waals surface area contributed by atoms with Crippen LogP contribution in [0.1, 0.15) is 27.2 Å². The van der Waals surface area contributed by atoms with Crippen molar-refractivity contribution in [1.82, 2.24) is 5.32 Å². The van der Waals surface area contributed by atoms with E-state index in [0.717, 1.165) is 25.6 Å². The summed E-state index contributed by atoms with van der Waals surface area (Å²) in [6, 6.07) is 0. The predicted octanol–water partition coefficient (Wildman–Crippen LogP) is 1.83. The van der Waals surface area contributed by atoms with Crippen molar-refractivity contribution in [2.75, 3.05) is 19.7 Å². The maximum Gasteiger partial charge on any atom is 0.0598 e. The van der Waals surface area contributed by atoms with Crippen LogP contribution in [0.3, 0.4) is 0 Å². The number of hydrogen-bond acceptors (Lipinski definition) is 2. The summed E-state index contributed by atoms with van der Waals surface area (Å²) < 4.78 is 5.67. The number of halogens is 1. The first-order chi connectivity index (χ1) is 5.08. The Morgan fingerprint density at radius 2 is 2.08 bits per heavy atom. The maximum atomic E-state index is 5.67. The van der Waals surface area contributed by atoms with E-state index in [1.54, 1.807) is 0 Å². The first kappa shape index (κ1) is 12.2. The van der Waals surface area contributed by atoms with Gasteiger partial charge in [-0.15, -0.1) is 12.4 Å². The van der Waals surface area contributed by atoms with Crippen molar-refractivity contribution < 1.29 is 4.74 Å². The summed E-state index contributed by atoms with van der Waals surface area (Å²) in [5, 5.41) is 3.33. The Bertz CT molecular complexity index is 116. The molecule has 0 saturated carbocycles. The van der Waals surface area contributed by atoms with Gasteiger partial charge in [0.15, 0.2) is 0 Å². The van der Waals surface area contributed by atoms with Crippen molar-refractivity contribution in [3.63, 3.8) is 0 Å². The molecule has 0 aromatic carbocycles. The van der Waals surface area contributed by atoms with Crippen LogP contribution >= 0.6 is 12.4 Å². The Morgan fingerprint density at radius 3 is 2.50 bits per heavy atom. The highest BCUT2D eigenvalue weighted by Crippen LogP contribution is 2.13. The zero-order valence-electron chi connectivity index (χ0n) is 8.22. The van der Waals surface area contributed by atoms with Crippen molar-refractivity contribution in [2.45, 2.75) is 32.8 Å². The van der Waals surface area contributed by atoms with Gasteiger partial charge in [0.2, 0.25) is 0 Å². The molecule has 1 heterocycles. The first-order valence-electron chi connectivity index (χ1n) is 4.42. The summed E-state index contributed by atoms with van der Waals surface area (Å²) in [5.41, 5.74) is 0.0303. The van der Waals surface area contributed by atoms with E-state index in [1.807, 2.05) is 0 Å². The average molecular weight is 194 g/mol. The minimum absolute atomic E-state index is 0. The lowest BCUT2D eigenvalue weighted by Gasteiger charge is -2.21. The third kappa shape index (κ3) is 4.96. The molecule has 0 aromatic heterocycles. The van der Waals surface area contributed by atoms with Gasteiger partial charge in [-0.05, 0) is 39.7 Å². The summed E-state index contributed by atoms with van der Waals surface area (Å²) in [5.74, 6) is 0.745. The van der Waals surface area contributed by atoms with Gasteiger partial charge >= 0.3 is 0 Å². The van der Waals surface area contributed by atoms with Gasteiger partial charge in [0, 0.05) is 6.54 Å². The summed E-state index contributed by atoms with van der Waals surface area (Å²) in [7, 11) is 0. The SMILES string of the molecule is CC(C)(C)OCC1CCNC1.Cl. The van der Waals surface area contributed by atoms with Crippen LogP contribution in [0.4, 0.5) is 0 Å². The number of hydrogen-bond donors (Lipinski definition) is 1. The molecule has 74 valence electrons. The molecule has 0 aliphatic carbocycles. The van der Waals surface area contributed by atoms with Gasteiger partial charge in [-0.3, -0.25) is 0 Å². The summed E-state index contributed by atoms with van der Waals surface area (Å²) in [6.07, 6.45) is 1.27. The van der Waals surface area contributed by atoms with Gasteiger partial charge in [-0.25, -0.2) is 0 Å². The number of rotatable bonds is 2. The monoisotopic (exact) mass is 193 g/mol. The molecule has 3 heteroatoms. The Hall–Kier alpha value is 0.210. The highest BCUT2D eigenvalue weighted by Gasteiger charge is 2.18. The molecule has 12 heavy (non-hydrogen) atoms. The topological polar surface area (TPSA) is 21.3 Å². The Balaban J connectivity index is 0.00000121. The second-order valence-corrected chi connectivity index (χ2v) is 4.28. The Labute approximate surface area is 81.5 Å². The molecule has 1 saturated heterocycles. The van der Waals surface area contributed by atoms with Gasteiger partial charge in [0.1, 0.15) is 0 Å². The van der Waals surface area contributed by atoms with E-state index in [2.05, 4.69) is 26.1 Å². The lowest BCUT2D eigenvalue weighted by atomic mass is 10.1. The van der Waals surface area contributed by atoms with Crippen LogP contribution in [0.25, 0.3) is 0 Å². The first-order valence-corrected chi connectivity index (χ1v) is 4.42. The predicted molar refractivity (Wildman–Crippen MR) is 53.9 cm³/mol. The van der Waals surface area contributed by atoms with Crippen LogP contribution in [-0.4, -0.2) is 25.3 Å². The Kier molecular flexibility index (Phi) is 5.14. The fourth-order valence-electron chi connectivity index (χ4n) is 1.22. The molecule has 0 bridgehead atoms. The molecule has 1 unspecified atom stereocenters. The zero-order valence-corrected chi connectivity index (χ0v) is 9.04. The molecule has 1 rings (SSSR count). The van der Waals surface area contributed by atoms with Crippen LogP contribution in [0.15, 0.2) is 0 Å². The van der Waals surface area contributed by atoms with Crippen molar-refractivity contribution >= 4 is 12.4 Å². The second kappa shape index (κ2) is 5.05. The molecule has 0 aromatic rings. The smallest absolute Gasteiger partial charge is 0.0598 e. The van der Waals surface area contributed by atoms with E-state index in [0.29, 0.717) is 0 Å². The van der Waals surface area contributed by atoms with E-state index in [4.69, 9.17) is 4.74 Å². The van der Waals surface area contributed by atoms with Crippen molar-refractivity contribution in [1.29, 1.82) is 0 Å². The highest BCUT2D eigenvalue weighted by molar-refractivity contribution is 5.85. The van der Waals surface area contributed by atoms with Gasteiger partial charge in [0.05, 0.1) is 12.2 Å². The lowest BCUT2D eigenvalue weighted by molar-refractivity contribution is -0.0191. The molecule has 1 aliphatic heterocycles. The molecule has 2 nitrogen and oxygen atoms in total. The largest absolute Gasteiger partial charge is 0.376 e. The minimum atomic E-state index is 0. The number of ether oxygens (including phenoxy) is 1. The van der Waals surface area contributed by atoms with Gasteiger partial charge in [-0.2, -0.15) is 0 Å². The summed E-state index contributed by atoms with van der Waals surface area (Å²) >= 11 is 0. The lowest BCUT2D eigenvalue weighted by Crippen LogP contribution is -2.24. The van der Waals surface area contributed by atoms with E-state index in [1.165, 1.54) is 6.42 Å². The third-order valence-corrected chi connectivity index (χ3v) is 1.91. The summed E-state index contributed by atoms with van der Waals surface area (Å²) in [4.78, 5) is 0. The zero-order chi connectivity index (χ0) is 8.32. The minimum Gasteiger partial charge on any atom is -0.376 e. The average Bonchev–Trinajstić information content (AvgIpc) is 2.32. The van der Waals surface area contributed by atoms with Crippen LogP contribution in [0, 0.1) is 5.92 Å². The van der Waals surface area contributed by atoms with Crippen LogP contribution in [-0.2, 0) is 4.74 Å². The molecular formula is C9H20ClNO. The van der Waals surface area contributed by atoms with E-state index in [-0.39, 0.29) is 18.0 Å². The van der Waals surface area contributed by atoms with Gasteiger partial charge in [-0.1, -0.05) is 0 Å². The normalized spacial score (nSPS) is 23.8. The maximum absolute atomic E-state index is 5.67. The summed E-state index contributed by atoms with van der Waals surface area (Å²) in [6.45, 7) is 9.53. The molecule has 0 spiro atoms. The molecule has 1 aliphatic rings. The molecule has 1 fully saturated rings. The second-order valence-electron chi connectivity index (χ2n) is 4.28. The van der Waals surface area contributed by atoms with E-state index < -0.39 is 0 Å². The Morgan fingerprint density at radius 1 is 1.42 bits per heavy atom. The molecule has 0 radical (unpaired) electrons. The molecular weight excluding hydrogens is 174 g/mol. The molecule has 0 amide bonds. The van der Waals surface area contributed by atoms with Crippen molar-refractivity contribution in [2.24, 2.45) is 5.92 Å². The molecule has 1 N–H and O–H groups in total. The van der Waals surface area contributed by atoms with Gasteiger partial charge in [0.25, 0.3) is 0 Å². The van der Waals surface area contributed by atoms with Crippen LogP contribution < -0.4 is 5.32 Å². The van der Waals surface area contributed by atoms with Gasteiger partial charge < -0.3 is 10.1 Å². The highest BCUT2D eigenvalue weighted by atomic mass is 35.5. The van der Waals surface area contributed by atoms with Crippen LogP contribution in [0.5, 0.6) is 0 Å². The fourth-order valence-corrected chi connectivity index (χ4v) is 1.22. The van der Waals surface area contributed by atoms with Crippen molar-refractivity contribution in [3.8, 4) is 0 Å². The van der Waals surface area contributed by atoms with E-state index in [9.17, 15) is 0 Å². The molecule has 1 atom stereocenters. The third-order valence-electron chi connectivity index (χ3n) is 1.91. The van der Waals surface area contributed by atoms with E-state index >= 15 is 0 Å².